The van der Waals surface area contributed by atoms with Crippen LogP contribution in [-0.4, -0.2) is 29.1 Å². The zero-order chi connectivity index (χ0) is 21.5. The van der Waals surface area contributed by atoms with Crippen molar-refractivity contribution in [2.75, 3.05) is 12.4 Å². The van der Waals surface area contributed by atoms with Crippen molar-refractivity contribution < 1.29 is 23.8 Å². The number of fused-ring (bicyclic) bond motifs is 2. The van der Waals surface area contributed by atoms with E-state index in [0.29, 0.717) is 22.6 Å². The number of carbonyl (C=O) groups excluding carboxylic acids is 1. The fourth-order valence-corrected chi connectivity index (χ4v) is 4.51. The third kappa shape index (κ3) is 3.23. The zero-order valence-corrected chi connectivity index (χ0v) is 17.1. The Labute approximate surface area is 179 Å². The minimum Gasteiger partial charge on any atom is -0.495 e. The molecule has 5 rings (SSSR count). The van der Waals surface area contributed by atoms with Gasteiger partial charge in [-0.15, -0.1) is 11.3 Å². The smallest absolute Gasteiger partial charge is 0.339 e. The standard InChI is InChI=1S/C23H16N2O5S/c1-29-17-8-4-6-13-9-15(24-20(13)17)14-11-31-22(19(14)23(27)28)25-21(26)18-10-12-5-2-3-7-16(12)30-18/h2-11,24H,1H3,(H,25,26)(H,27,28). The van der Waals surface area contributed by atoms with E-state index < -0.39 is 11.9 Å². The third-order valence-electron chi connectivity index (χ3n) is 5.01. The van der Waals surface area contributed by atoms with Gasteiger partial charge in [-0.1, -0.05) is 30.3 Å². The number of anilines is 1. The Morgan fingerprint density at radius 3 is 2.68 bits per heavy atom. The molecule has 1 amide bonds. The van der Waals surface area contributed by atoms with Gasteiger partial charge in [0.1, 0.15) is 21.9 Å². The number of aromatic amines is 1. The molecular weight excluding hydrogens is 416 g/mol. The molecule has 0 radical (unpaired) electrons. The average molecular weight is 432 g/mol. The molecule has 0 fully saturated rings. The minimum atomic E-state index is -1.14. The van der Waals surface area contributed by atoms with Crippen molar-refractivity contribution in [3.8, 4) is 17.0 Å². The topological polar surface area (TPSA) is 105 Å². The van der Waals surface area contributed by atoms with E-state index in [0.717, 1.165) is 27.6 Å². The quantitative estimate of drug-likeness (QED) is 0.335. The molecule has 3 heterocycles. The minimum absolute atomic E-state index is 0.0139. The molecule has 0 unspecified atom stereocenters. The highest BCUT2D eigenvalue weighted by molar-refractivity contribution is 7.15. The Bertz CT molecular complexity index is 1430. The number of H-pyrrole nitrogens is 1. The number of thiophene rings is 1. The van der Waals surface area contributed by atoms with Crippen LogP contribution in [-0.2, 0) is 0 Å². The fourth-order valence-electron chi connectivity index (χ4n) is 3.56. The number of hydrogen-bond acceptors (Lipinski definition) is 5. The summed E-state index contributed by atoms with van der Waals surface area (Å²) in [7, 11) is 1.58. The average Bonchev–Trinajstić information content (AvgIpc) is 3.48. The second-order valence-corrected chi connectivity index (χ2v) is 7.75. The molecule has 0 saturated heterocycles. The van der Waals surface area contributed by atoms with Gasteiger partial charge in [-0.05, 0) is 24.3 Å². The highest BCUT2D eigenvalue weighted by Gasteiger charge is 2.24. The van der Waals surface area contributed by atoms with Crippen molar-refractivity contribution in [3.05, 3.63) is 71.3 Å². The molecule has 7 nitrogen and oxygen atoms in total. The van der Waals surface area contributed by atoms with E-state index in [9.17, 15) is 14.7 Å². The lowest BCUT2D eigenvalue weighted by Gasteiger charge is -2.04. The fraction of sp³-hybridized carbons (Fsp3) is 0.0435. The summed E-state index contributed by atoms with van der Waals surface area (Å²) < 4.78 is 11.0. The van der Waals surface area contributed by atoms with Crippen LogP contribution in [0.5, 0.6) is 5.75 Å². The van der Waals surface area contributed by atoms with Crippen molar-refractivity contribution >= 4 is 50.1 Å². The molecule has 3 aromatic heterocycles. The lowest BCUT2D eigenvalue weighted by molar-refractivity contribution is 0.0699. The summed E-state index contributed by atoms with van der Waals surface area (Å²) in [5.74, 6) is -0.871. The normalized spacial score (nSPS) is 11.1. The van der Waals surface area contributed by atoms with Gasteiger partial charge in [0.2, 0.25) is 0 Å². The Morgan fingerprint density at radius 1 is 1.10 bits per heavy atom. The Kier molecular flexibility index (Phi) is 4.48. The van der Waals surface area contributed by atoms with Gasteiger partial charge < -0.3 is 24.6 Å². The van der Waals surface area contributed by atoms with Gasteiger partial charge in [0.05, 0.1) is 12.6 Å². The molecule has 0 aliphatic heterocycles. The molecule has 0 saturated carbocycles. The molecule has 2 aromatic carbocycles. The number of ether oxygens (including phenoxy) is 1. The summed E-state index contributed by atoms with van der Waals surface area (Å²) in [6.45, 7) is 0. The maximum Gasteiger partial charge on any atom is 0.339 e. The zero-order valence-electron chi connectivity index (χ0n) is 16.3. The van der Waals surface area contributed by atoms with Gasteiger partial charge in [0, 0.05) is 27.4 Å². The number of furan rings is 1. The number of para-hydroxylation sites is 2. The molecule has 154 valence electrons. The number of rotatable bonds is 5. The third-order valence-corrected chi connectivity index (χ3v) is 5.90. The number of benzene rings is 2. The summed E-state index contributed by atoms with van der Waals surface area (Å²) in [4.78, 5) is 28.0. The van der Waals surface area contributed by atoms with Crippen LogP contribution in [0.3, 0.4) is 0 Å². The molecule has 0 aliphatic rings. The number of methoxy groups -OCH3 is 1. The Morgan fingerprint density at radius 2 is 1.90 bits per heavy atom. The van der Waals surface area contributed by atoms with Crippen LogP contribution in [0.15, 0.2) is 64.4 Å². The number of carboxylic acids is 1. The highest BCUT2D eigenvalue weighted by Crippen LogP contribution is 2.38. The predicted octanol–water partition coefficient (Wildman–Crippen LogP) is 5.60. The van der Waals surface area contributed by atoms with Gasteiger partial charge in [0.15, 0.2) is 5.76 Å². The first-order valence-corrected chi connectivity index (χ1v) is 10.2. The second kappa shape index (κ2) is 7.33. The first kappa shape index (κ1) is 19.0. The van der Waals surface area contributed by atoms with Crippen molar-refractivity contribution in [2.24, 2.45) is 0 Å². The van der Waals surface area contributed by atoms with Crippen LogP contribution >= 0.6 is 11.3 Å². The lowest BCUT2D eigenvalue weighted by atomic mass is 10.1. The molecule has 5 aromatic rings. The van der Waals surface area contributed by atoms with E-state index in [-0.39, 0.29) is 16.3 Å². The molecule has 0 spiro atoms. The molecule has 3 N–H and O–H groups in total. The molecular formula is C23H16N2O5S. The van der Waals surface area contributed by atoms with Crippen LogP contribution in [0, 0.1) is 0 Å². The lowest BCUT2D eigenvalue weighted by Crippen LogP contribution is -2.12. The van der Waals surface area contributed by atoms with Crippen LogP contribution in [0.1, 0.15) is 20.9 Å². The van der Waals surface area contributed by atoms with Gasteiger partial charge in [-0.2, -0.15) is 0 Å². The number of aromatic nitrogens is 1. The predicted molar refractivity (Wildman–Crippen MR) is 119 cm³/mol. The van der Waals surface area contributed by atoms with Crippen LogP contribution < -0.4 is 10.1 Å². The monoisotopic (exact) mass is 432 g/mol. The Balaban J connectivity index is 1.52. The number of amides is 1. The SMILES string of the molecule is COc1cccc2cc(-c3csc(NC(=O)c4cc5ccccc5o4)c3C(=O)O)[nH]c12. The molecule has 31 heavy (non-hydrogen) atoms. The van der Waals surface area contributed by atoms with Crippen molar-refractivity contribution in [1.82, 2.24) is 4.98 Å². The number of nitrogens with one attached hydrogen (secondary N) is 2. The first-order chi connectivity index (χ1) is 15.0. The van der Waals surface area contributed by atoms with E-state index in [2.05, 4.69) is 10.3 Å². The first-order valence-electron chi connectivity index (χ1n) is 9.36. The van der Waals surface area contributed by atoms with Crippen molar-refractivity contribution in [2.45, 2.75) is 0 Å². The molecule has 8 heteroatoms. The number of hydrogen-bond donors (Lipinski definition) is 3. The van der Waals surface area contributed by atoms with E-state index in [4.69, 9.17) is 9.15 Å². The number of carboxylic acid groups (broad SMARTS) is 1. The van der Waals surface area contributed by atoms with E-state index in [1.54, 1.807) is 24.6 Å². The number of aromatic carboxylic acids is 1. The van der Waals surface area contributed by atoms with E-state index in [1.165, 1.54) is 0 Å². The molecule has 0 aliphatic carbocycles. The number of carbonyl (C=O) groups is 2. The van der Waals surface area contributed by atoms with Gasteiger partial charge in [-0.3, -0.25) is 4.79 Å². The Hall–Kier alpha value is -4.04. The summed E-state index contributed by atoms with van der Waals surface area (Å²) >= 11 is 1.14. The molecule has 0 atom stereocenters. The van der Waals surface area contributed by atoms with E-state index in [1.807, 2.05) is 42.5 Å². The summed E-state index contributed by atoms with van der Waals surface area (Å²) in [5, 5.41) is 16.2. The largest absolute Gasteiger partial charge is 0.495 e. The summed E-state index contributed by atoms with van der Waals surface area (Å²) in [6.07, 6.45) is 0. The maximum absolute atomic E-state index is 12.7. The highest BCUT2D eigenvalue weighted by atomic mass is 32.1. The van der Waals surface area contributed by atoms with Crippen LogP contribution in [0.25, 0.3) is 33.1 Å². The second-order valence-electron chi connectivity index (χ2n) is 6.87. The van der Waals surface area contributed by atoms with Crippen molar-refractivity contribution in [3.63, 3.8) is 0 Å². The molecule has 0 bridgehead atoms. The van der Waals surface area contributed by atoms with Gasteiger partial charge in [0.25, 0.3) is 5.91 Å². The summed E-state index contributed by atoms with van der Waals surface area (Å²) in [5.41, 5.74) is 2.48. The maximum atomic E-state index is 12.7. The van der Waals surface area contributed by atoms with Gasteiger partial charge >= 0.3 is 5.97 Å². The summed E-state index contributed by atoms with van der Waals surface area (Å²) in [6, 6.07) is 16.4. The van der Waals surface area contributed by atoms with Crippen LogP contribution in [0.2, 0.25) is 0 Å². The van der Waals surface area contributed by atoms with Crippen molar-refractivity contribution in [1.29, 1.82) is 0 Å². The van der Waals surface area contributed by atoms with Crippen LogP contribution in [0.4, 0.5) is 5.00 Å². The van der Waals surface area contributed by atoms with Gasteiger partial charge in [-0.25, -0.2) is 4.79 Å². The van der Waals surface area contributed by atoms with E-state index >= 15 is 0 Å².